The third-order valence-electron chi connectivity index (χ3n) is 3.46. The Hall–Kier alpha value is -0.570. The highest BCUT2D eigenvalue weighted by Gasteiger charge is 2.56. The molecule has 3 nitrogen and oxygen atoms in total. The molecule has 0 aromatic rings. The first-order chi connectivity index (χ1) is 6.29. The Morgan fingerprint density at radius 3 is 2.77 bits per heavy atom. The summed E-state index contributed by atoms with van der Waals surface area (Å²) in [4.78, 5) is 11.5. The Bertz CT molecular complexity index is 205. The maximum Gasteiger partial charge on any atom is 0.312 e. The lowest BCUT2D eigenvalue weighted by Gasteiger charge is -2.28. The number of carbonyl (C=O) groups is 1. The van der Waals surface area contributed by atoms with E-state index in [4.69, 9.17) is 4.74 Å². The molecule has 0 amide bonds. The Labute approximate surface area is 78.8 Å². The zero-order valence-electron chi connectivity index (χ0n) is 8.14. The average molecular weight is 183 g/mol. The molecule has 0 aromatic carbocycles. The van der Waals surface area contributed by atoms with Crippen molar-refractivity contribution in [3.8, 4) is 0 Å². The number of nitrogens with one attached hydrogen (secondary N) is 1. The molecule has 2 aliphatic rings. The van der Waals surface area contributed by atoms with Gasteiger partial charge in [0.25, 0.3) is 0 Å². The smallest absolute Gasteiger partial charge is 0.312 e. The standard InChI is InChI=1S/C10H17NO2/c1-13-9(12)10(4-5-10)8-3-2-6-11-7-8/h8,11H,2-7H2,1H3/t8-/m0/s1. The number of ether oxygens (including phenoxy) is 1. The van der Waals surface area contributed by atoms with Gasteiger partial charge in [-0.15, -0.1) is 0 Å². The number of piperidine rings is 1. The highest BCUT2D eigenvalue weighted by molar-refractivity contribution is 5.80. The second kappa shape index (κ2) is 3.29. The molecule has 0 radical (unpaired) electrons. The number of methoxy groups -OCH3 is 1. The van der Waals surface area contributed by atoms with Crippen molar-refractivity contribution in [3.05, 3.63) is 0 Å². The molecule has 0 bridgehead atoms. The zero-order valence-corrected chi connectivity index (χ0v) is 8.14. The minimum Gasteiger partial charge on any atom is -0.469 e. The summed E-state index contributed by atoms with van der Waals surface area (Å²) in [5.74, 6) is 0.537. The van der Waals surface area contributed by atoms with Gasteiger partial charge in [0.2, 0.25) is 0 Å². The summed E-state index contributed by atoms with van der Waals surface area (Å²) in [7, 11) is 1.50. The van der Waals surface area contributed by atoms with Crippen LogP contribution in [0.4, 0.5) is 0 Å². The van der Waals surface area contributed by atoms with Gasteiger partial charge in [-0.25, -0.2) is 0 Å². The molecule has 0 aromatic heterocycles. The summed E-state index contributed by atoms with van der Waals surface area (Å²) in [5.41, 5.74) is -0.0951. The van der Waals surface area contributed by atoms with E-state index in [0.717, 1.165) is 25.9 Å². The fraction of sp³-hybridized carbons (Fsp3) is 0.900. The highest BCUT2D eigenvalue weighted by Crippen LogP contribution is 2.54. The van der Waals surface area contributed by atoms with E-state index < -0.39 is 0 Å². The van der Waals surface area contributed by atoms with Crippen LogP contribution in [-0.4, -0.2) is 26.2 Å². The van der Waals surface area contributed by atoms with Gasteiger partial charge in [0, 0.05) is 0 Å². The van der Waals surface area contributed by atoms with Crippen LogP contribution in [0, 0.1) is 11.3 Å². The van der Waals surface area contributed by atoms with Gasteiger partial charge >= 0.3 is 5.97 Å². The SMILES string of the molecule is COC(=O)C1([C@H]2CCCNC2)CC1. The Morgan fingerprint density at radius 2 is 2.31 bits per heavy atom. The zero-order chi connectivity index (χ0) is 9.31. The van der Waals surface area contributed by atoms with E-state index in [9.17, 15) is 4.79 Å². The number of esters is 1. The van der Waals surface area contributed by atoms with Gasteiger partial charge in [-0.3, -0.25) is 4.79 Å². The van der Waals surface area contributed by atoms with E-state index in [0.29, 0.717) is 5.92 Å². The van der Waals surface area contributed by atoms with Crippen molar-refractivity contribution in [2.75, 3.05) is 20.2 Å². The minimum atomic E-state index is -0.0951. The van der Waals surface area contributed by atoms with Crippen molar-refractivity contribution >= 4 is 5.97 Å². The monoisotopic (exact) mass is 183 g/mol. The Morgan fingerprint density at radius 1 is 1.54 bits per heavy atom. The van der Waals surface area contributed by atoms with E-state index in [1.165, 1.54) is 20.0 Å². The lowest BCUT2D eigenvalue weighted by atomic mass is 9.83. The summed E-state index contributed by atoms with van der Waals surface area (Å²) in [5, 5.41) is 3.35. The molecule has 74 valence electrons. The molecular weight excluding hydrogens is 166 g/mol. The van der Waals surface area contributed by atoms with Crippen molar-refractivity contribution in [1.82, 2.24) is 5.32 Å². The predicted molar refractivity (Wildman–Crippen MR) is 49.3 cm³/mol. The number of rotatable bonds is 2. The Balaban J connectivity index is 2.01. The molecule has 1 atom stereocenters. The molecule has 1 aliphatic heterocycles. The van der Waals surface area contributed by atoms with E-state index >= 15 is 0 Å². The van der Waals surface area contributed by atoms with E-state index in [1.54, 1.807) is 0 Å². The predicted octanol–water partition coefficient (Wildman–Crippen LogP) is 0.939. The van der Waals surface area contributed by atoms with Crippen molar-refractivity contribution in [2.24, 2.45) is 11.3 Å². The topological polar surface area (TPSA) is 38.3 Å². The second-order valence-corrected chi connectivity index (χ2v) is 4.19. The van der Waals surface area contributed by atoms with Crippen LogP contribution in [0.5, 0.6) is 0 Å². The van der Waals surface area contributed by atoms with Gasteiger partial charge in [0.05, 0.1) is 12.5 Å². The third-order valence-corrected chi connectivity index (χ3v) is 3.46. The third kappa shape index (κ3) is 1.46. The first-order valence-corrected chi connectivity index (χ1v) is 5.09. The second-order valence-electron chi connectivity index (χ2n) is 4.19. The summed E-state index contributed by atoms with van der Waals surface area (Å²) in [6.07, 6.45) is 4.45. The van der Waals surface area contributed by atoms with Gasteiger partial charge in [-0.1, -0.05) is 0 Å². The van der Waals surface area contributed by atoms with Crippen molar-refractivity contribution in [3.63, 3.8) is 0 Å². The number of hydrogen-bond donors (Lipinski definition) is 1. The molecule has 0 unspecified atom stereocenters. The summed E-state index contributed by atoms with van der Waals surface area (Å²) in [6, 6.07) is 0. The molecule has 1 N–H and O–H groups in total. The fourth-order valence-electron chi connectivity index (χ4n) is 2.44. The van der Waals surface area contributed by atoms with Crippen LogP contribution in [0.25, 0.3) is 0 Å². The largest absolute Gasteiger partial charge is 0.469 e. The van der Waals surface area contributed by atoms with Gasteiger partial charge in [-0.05, 0) is 44.7 Å². The first kappa shape index (κ1) is 9.00. The quantitative estimate of drug-likeness (QED) is 0.647. The Kier molecular flexibility index (Phi) is 2.28. The molecule has 13 heavy (non-hydrogen) atoms. The van der Waals surface area contributed by atoms with Crippen molar-refractivity contribution in [1.29, 1.82) is 0 Å². The van der Waals surface area contributed by atoms with Crippen molar-refractivity contribution in [2.45, 2.75) is 25.7 Å². The maximum atomic E-state index is 11.5. The summed E-state index contributed by atoms with van der Waals surface area (Å²) >= 11 is 0. The summed E-state index contributed by atoms with van der Waals surface area (Å²) in [6.45, 7) is 2.10. The van der Waals surface area contributed by atoms with Crippen LogP contribution in [-0.2, 0) is 9.53 Å². The molecule has 2 rings (SSSR count). The lowest BCUT2D eigenvalue weighted by Crippen LogP contribution is -2.38. The molecule has 2 fully saturated rings. The number of carbonyl (C=O) groups excluding carboxylic acids is 1. The van der Waals surface area contributed by atoms with Gasteiger partial charge in [0.1, 0.15) is 0 Å². The van der Waals surface area contributed by atoms with Crippen LogP contribution in [0.1, 0.15) is 25.7 Å². The van der Waals surface area contributed by atoms with Crippen molar-refractivity contribution < 1.29 is 9.53 Å². The molecule has 0 spiro atoms. The van der Waals surface area contributed by atoms with Gasteiger partial charge in [0.15, 0.2) is 0 Å². The van der Waals surface area contributed by atoms with Crippen LogP contribution >= 0.6 is 0 Å². The molecule has 1 aliphatic carbocycles. The highest BCUT2D eigenvalue weighted by atomic mass is 16.5. The normalized spacial score (nSPS) is 31.0. The summed E-state index contributed by atoms with van der Waals surface area (Å²) < 4.78 is 4.86. The van der Waals surface area contributed by atoms with Crippen LogP contribution in [0.2, 0.25) is 0 Å². The van der Waals surface area contributed by atoms with Crippen LogP contribution < -0.4 is 5.32 Å². The van der Waals surface area contributed by atoms with Crippen LogP contribution in [0.15, 0.2) is 0 Å². The van der Waals surface area contributed by atoms with E-state index in [1.807, 2.05) is 0 Å². The molecule has 1 saturated heterocycles. The lowest BCUT2D eigenvalue weighted by molar-refractivity contribution is -0.149. The minimum absolute atomic E-state index is 0.0150. The molecule has 3 heteroatoms. The van der Waals surface area contributed by atoms with Gasteiger partial charge in [-0.2, -0.15) is 0 Å². The maximum absolute atomic E-state index is 11.5. The van der Waals surface area contributed by atoms with Crippen LogP contribution in [0.3, 0.4) is 0 Å². The average Bonchev–Trinajstić information content (AvgIpc) is 2.99. The first-order valence-electron chi connectivity index (χ1n) is 5.09. The molecule has 1 saturated carbocycles. The van der Waals surface area contributed by atoms with E-state index in [2.05, 4.69) is 5.32 Å². The molecule has 1 heterocycles. The van der Waals surface area contributed by atoms with E-state index in [-0.39, 0.29) is 11.4 Å². The molecular formula is C10H17NO2. The number of hydrogen-bond acceptors (Lipinski definition) is 3. The fourth-order valence-corrected chi connectivity index (χ4v) is 2.44. The van der Waals surface area contributed by atoms with Gasteiger partial charge < -0.3 is 10.1 Å².